The monoisotopic (exact) mass is 194 g/mol. The Bertz CT molecular complexity index is 320. The van der Waals surface area contributed by atoms with Crippen molar-refractivity contribution >= 4 is 0 Å². The molecule has 0 spiro atoms. The van der Waals surface area contributed by atoms with Crippen molar-refractivity contribution in [3.8, 4) is 5.75 Å². The predicted molar refractivity (Wildman–Crippen MR) is 56.2 cm³/mol. The highest BCUT2D eigenvalue weighted by molar-refractivity contribution is 5.33. The van der Waals surface area contributed by atoms with E-state index >= 15 is 0 Å². The SMILES string of the molecule is C=CC(C)c1cc(F)cc(OCC)c1. The first kappa shape index (κ1) is 10.8. The largest absolute Gasteiger partial charge is 0.494 e. The first-order valence-electron chi connectivity index (χ1n) is 4.73. The molecule has 0 amide bonds. The van der Waals surface area contributed by atoms with E-state index in [0.717, 1.165) is 5.56 Å². The highest BCUT2D eigenvalue weighted by Crippen LogP contribution is 2.23. The van der Waals surface area contributed by atoms with Crippen LogP contribution in [-0.4, -0.2) is 6.61 Å². The molecule has 0 bridgehead atoms. The zero-order valence-corrected chi connectivity index (χ0v) is 8.59. The van der Waals surface area contributed by atoms with Crippen LogP contribution in [0.2, 0.25) is 0 Å². The quantitative estimate of drug-likeness (QED) is 0.666. The summed E-state index contributed by atoms with van der Waals surface area (Å²) in [5.41, 5.74) is 0.892. The van der Waals surface area contributed by atoms with Crippen LogP contribution in [0, 0.1) is 5.82 Å². The number of allylic oxidation sites excluding steroid dienone is 1. The number of benzene rings is 1. The fourth-order valence-corrected chi connectivity index (χ4v) is 1.23. The molecule has 1 atom stereocenters. The van der Waals surface area contributed by atoms with Gasteiger partial charge in [0.15, 0.2) is 0 Å². The van der Waals surface area contributed by atoms with E-state index in [1.165, 1.54) is 12.1 Å². The van der Waals surface area contributed by atoms with Crippen LogP contribution in [0.15, 0.2) is 30.9 Å². The maximum absolute atomic E-state index is 13.1. The van der Waals surface area contributed by atoms with Crippen molar-refractivity contribution in [2.75, 3.05) is 6.61 Å². The van der Waals surface area contributed by atoms with Crippen LogP contribution in [0.3, 0.4) is 0 Å². The van der Waals surface area contributed by atoms with E-state index in [-0.39, 0.29) is 11.7 Å². The first-order valence-corrected chi connectivity index (χ1v) is 4.73. The zero-order valence-electron chi connectivity index (χ0n) is 8.59. The van der Waals surface area contributed by atoms with Crippen molar-refractivity contribution in [3.63, 3.8) is 0 Å². The molecule has 0 N–H and O–H groups in total. The molecular formula is C12H15FO. The van der Waals surface area contributed by atoms with Crippen LogP contribution < -0.4 is 4.74 Å². The van der Waals surface area contributed by atoms with E-state index in [9.17, 15) is 4.39 Å². The lowest BCUT2D eigenvalue weighted by Crippen LogP contribution is -1.96. The third-order valence-electron chi connectivity index (χ3n) is 2.08. The Balaban J connectivity index is 3.00. The van der Waals surface area contributed by atoms with E-state index in [1.807, 2.05) is 19.9 Å². The molecule has 0 saturated heterocycles. The lowest BCUT2D eigenvalue weighted by Gasteiger charge is -2.09. The maximum Gasteiger partial charge on any atom is 0.127 e. The Morgan fingerprint density at radius 2 is 2.21 bits per heavy atom. The molecule has 0 saturated carbocycles. The molecule has 0 heterocycles. The minimum Gasteiger partial charge on any atom is -0.494 e. The summed E-state index contributed by atoms with van der Waals surface area (Å²) >= 11 is 0. The third-order valence-corrected chi connectivity index (χ3v) is 2.08. The second-order valence-corrected chi connectivity index (χ2v) is 3.18. The molecule has 14 heavy (non-hydrogen) atoms. The molecule has 0 fully saturated rings. The summed E-state index contributed by atoms with van der Waals surface area (Å²) in [5, 5.41) is 0. The van der Waals surface area contributed by atoms with Gasteiger partial charge >= 0.3 is 0 Å². The summed E-state index contributed by atoms with van der Waals surface area (Å²) in [6, 6.07) is 4.75. The van der Waals surface area contributed by atoms with Crippen molar-refractivity contribution in [1.29, 1.82) is 0 Å². The number of halogens is 1. The van der Waals surface area contributed by atoms with Gasteiger partial charge in [-0.25, -0.2) is 4.39 Å². The van der Waals surface area contributed by atoms with Gasteiger partial charge < -0.3 is 4.74 Å². The lowest BCUT2D eigenvalue weighted by atomic mass is 10.0. The maximum atomic E-state index is 13.1. The van der Waals surface area contributed by atoms with Crippen LogP contribution in [-0.2, 0) is 0 Å². The molecule has 2 heteroatoms. The Hall–Kier alpha value is -1.31. The molecule has 76 valence electrons. The molecule has 1 aromatic rings. The molecule has 1 unspecified atom stereocenters. The van der Waals surface area contributed by atoms with Gasteiger partial charge in [-0.05, 0) is 30.5 Å². The number of hydrogen-bond acceptors (Lipinski definition) is 1. The summed E-state index contributed by atoms with van der Waals surface area (Å²) in [7, 11) is 0. The van der Waals surface area contributed by atoms with Gasteiger partial charge in [0.25, 0.3) is 0 Å². The Morgan fingerprint density at radius 1 is 1.50 bits per heavy atom. The molecule has 0 aliphatic carbocycles. The van der Waals surface area contributed by atoms with Crippen LogP contribution in [0.1, 0.15) is 25.3 Å². The topological polar surface area (TPSA) is 9.23 Å². The summed E-state index contributed by atoms with van der Waals surface area (Å²) in [5.74, 6) is 0.459. The Morgan fingerprint density at radius 3 is 2.79 bits per heavy atom. The van der Waals surface area contributed by atoms with E-state index in [2.05, 4.69) is 6.58 Å². The molecule has 0 aliphatic rings. The van der Waals surface area contributed by atoms with Crippen LogP contribution in [0.25, 0.3) is 0 Å². The normalized spacial score (nSPS) is 12.2. The second-order valence-electron chi connectivity index (χ2n) is 3.18. The fraction of sp³-hybridized carbons (Fsp3) is 0.333. The van der Waals surface area contributed by atoms with Crippen LogP contribution in [0.4, 0.5) is 4.39 Å². The van der Waals surface area contributed by atoms with Gasteiger partial charge in [-0.2, -0.15) is 0 Å². The Labute approximate surface area is 84.2 Å². The minimum absolute atomic E-state index is 0.143. The minimum atomic E-state index is -0.264. The highest BCUT2D eigenvalue weighted by atomic mass is 19.1. The summed E-state index contributed by atoms with van der Waals surface area (Å²) < 4.78 is 18.4. The van der Waals surface area contributed by atoms with Gasteiger partial charge in [-0.3, -0.25) is 0 Å². The van der Waals surface area contributed by atoms with Gasteiger partial charge in [-0.1, -0.05) is 13.0 Å². The molecular weight excluding hydrogens is 179 g/mol. The van der Waals surface area contributed by atoms with Crippen molar-refractivity contribution in [2.45, 2.75) is 19.8 Å². The molecule has 0 aromatic heterocycles. The first-order chi connectivity index (χ1) is 6.67. The van der Waals surface area contributed by atoms with Crippen molar-refractivity contribution < 1.29 is 9.13 Å². The fourth-order valence-electron chi connectivity index (χ4n) is 1.23. The molecule has 1 aromatic carbocycles. The summed E-state index contributed by atoms with van der Waals surface area (Å²) in [6.07, 6.45) is 1.78. The van der Waals surface area contributed by atoms with Gasteiger partial charge in [-0.15, -0.1) is 6.58 Å². The molecule has 1 nitrogen and oxygen atoms in total. The van der Waals surface area contributed by atoms with Gasteiger partial charge in [0.05, 0.1) is 6.61 Å². The second kappa shape index (κ2) is 4.80. The number of ether oxygens (including phenoxy) is 1. The highest BCUT2D eigenvalue weighted by Gasteiger charge is 2.05. The number of rotatable bonds is 4. The molecule has 0 radical (unpaired) electrons. The zero-order chi connectivity index (χ0) is 10.6. The average molecular weight is 194 g/mol. The van der Waals surface area contributed by atoms with Crippen molar-refractivity contribution in [2.24, 2.45) is 0 Å². The van der Waals surface area contributed by atoms with Crippen molar-refractivity contribution in [3.05, 3.63) is 42.2 Å². The van der Waals surface area contributed by atoms with Crippen LogP contribution in [0.5, 0.6) is 5.75 Å². The van der Waals surface area contributed by atoms with E-state index in [4.69, 9.17) is 4.74 Å². The molecule has 0 aliphatic heterocycles. The molecule has 1 rings (SSSR count). The summed E-state index contributed by atoms with van der Waals surface area (Å²) in [4.78, 5) is 0. The van der Waals surface area contributed by atoms with Gasteiger partial charge in [0, 0.05) is 6.07 Å². The Kier molecular flexibility index (Phi) is 3.69. The lowest BCUT2D eigenvalue weighted by molar-refractivity contribution is 0.337. The average Bonchev–Trinajstić information content (AvgIpc) is 2.16. The van der Waals surface area contributed by atoms with E-state index in [0.29, 0.717) is 12.4 Å². The number of hydrogen-bond donors (Lipinski definition) is 0. The summed E-state index contributed by atoms with van der Waals surface area (Å²) in [6.45, 7) is 8.07. The van der Waals surface area contributed by atoms with E-state index < -0.39 is 0 Å². The van der Waals surface area contributed by atoms with Gasteiger partial charge in [0.2, 0.25) is 0 Å². The van der Waals surface area contributed by atoms with E-state index in [1.54, 1.807) is 6.08 Å². The standard InChI is InChI=1S/C12H15FO/c1-4-9(3)10-6-11(13)8-12(7-10)14-5-2/h4,6-9H,1,5H2,2-3H3. The van der Waals surface area contributed by atoms with Gasteiger partial charge in [0.1, 0.15) is 11.6 Å². The predicted octanol–water partition coefficient (Wildman–Crippen LogP) is 3.51. The third kappa shape index (κ3) is 2.59. The smallest absolute Gasteiger partial charge is 0.127 e. The van der Waals surface area contributed by atoms with Crippen molar-refractivity contribution in [1.82, 2.24) is 0 Å². The van der Waals surface area contributed by atoms with Crippen LogP contribution >= 0.6 is 0 Å².